The molecule has 0 saturated carbocycles. The molecule has 1 aliphatic heterocycles. The molecule has 1 aliphatic rings. The molecular weight excluding hydrogens is 364 g/mol. The number of aliphatic hydroxyl groups excluding tert-OH is 2. The average molecular weight is 390 g/mol. The van der Waals surface area contributed by atoms with E-state index < -0.39 is 0 Å². The van der Waals surface area contributed by atoms with Gasteiger partial charge in [0.25, 0.3) is 5.91 Å². The van der Waals surface area contributed by atoms with Crippen LogP contribution in [0.15, 0.2) is 48.5 Å². The van der Waals surface area contributed by atoms with Crippen molar-refractivity contribution in [3.8, 4) is 0 Å². The minimum atomic E-state index is -0.0159. The number of para-hydroxylation sites is 1. The number of benzene rings is 2. The average Bonchev–Trinajstić information content (AvgIpc) is 3.22. The summed E-state index contributed by atoms with van der Waals surface area (Å²) in [5.41, 5.74) is 5.47. The van der Waals surface area contributed by atoms with Crippen molar-refractivity contribution in [2.45, 2.75) is 26.4 Å². The predicted molar refractivity (Wildman–Crippen MR) is 113 cm³/mol. The molecule has 150 valence electrons. The normalized spacial score (nSPS) is 16.5. The van der Waals surface area contributed by atoms with Gasteiger partial charge in [0.1, 0.15) is 0 Å². The van der Waals surface area contributed by atoms with Crippen molar-refractivity contribution < 1.29 is 15.0 Å². The zero-order valence-corrected chi connectivity index (χ0v) is 16.6. The van der Waals surface area contributed by atoms with E-state index in [2.05, 4.69) is 6.07 Å². The van der Waals surface area contributed by atoms with Gasteiger partial charge in [0.2, 0.25) is 0 Å². The number of hydrogen-bond acceptors (Lipinski definition) is 4. The molecule has 2 N–H and O–H groups in total. The van der Waals surface area contributed by atoms with Crippen LogP contribution in [0.25, 0.3) is 10.9 Å². The Bertz CT molecular complexity index is 1050. The monoisotopic (exact) mass is 390 g/mol. The van der Waals surface area contributed by atoms with Crippen molar-refractivity contribution >= 4 is 16.8 Å². The summed E-state index contributed by atoms with van der Waals surface area (Å²) in [5, 5.41) is 20.0. The number of aryl methyl sites for hydroxylation is 1. The lowest BCUT2D eigenvalue weighted by Gasteiger charge is -2.17. The van der Waals surface area contributed by atoms with Crippen molar-refractivity contribution in [3.05, 3.63) is 76.5 Å². The fraction of sp³-hybridized carbons (Fsp3) is 0.333. The number of likely N-dealkylation sites (tertiary alicyclic amines) is 1. The number of pyridine rings is 1. The Morgan fingerprint density at radius 2 is 1.97 bits per heavy atom. The Balaban J connectivity index is 1.62. The summed E-state index contributed by atoms with van der Waals surface area (Å²) in [7, 11) is 0. The Morgan fingerprint density at radius 3 is 2.72 bits per heavy atom. The zero-order chi connectivity index (χ0) is 20.4. The summed E-state index contributed by atoms with van der Waals surface area (Å²) >= 11 is 0. The van der Waals surface area contributed by atoms with Crippen LogP contribution < -0.4 is 0 Å². The van der Waals surface area contributed by atoms with Gasteiger partial charge >= 0.3 is 0 Å². The van der Waals surface area contributed by atoms with Gasteiger partial charge in [0, 0.05) is 42.3 Å². The van der Waals surface area contributed by atoms with Crippen molar-refractivity contribution in [1.29, 1.82) is 0 Å². The van der Waals surface area contributed by atoms with Crippen LogP contribution in [0.5, 0.6) is 0 Å². The molecule has 1 saturated heterocycles. The highest BCUT2D eigenvalue weighted by Gasteiger charge is 2.26. The maximum absolute atomic E-state index is 12.9. The van der Waals surface area contributed by atoms with Crippen LogP contribution in [0.1, 0.15) is 39.2 Å². The molecular formula is C24H26N2O3. The summed E-state index contributed by atoms with van der Waals surface area (Å²) in [5.74, 6) is 0.213. The van der Waals surface area contributed by atoms with Gasteiger partial charge < -0.3 is 15.1 Å². The lowest BCUT2D eigenvalue weighted by atomic mass is 9.98. The van der Waals surface area contributed by atoms with Gasteiger partial charge in [0.05, 0.1) is 12.1 Å². The number of aromatic nitrogens is 1. The Hall–Kier alpha value is -2.76. The molecule has 4 rings (SSSR count). The minimum absolute atomic E-state index is 0.0159. The molecule has 2 aromatic carbocycles. The first kappa shape index (κ1) is 19.6. The van der Waals surface area contributed by atoms with Crippen LogP contribution in [-0.2, 0) is 13.0 Å². The molecule has 2 heterocycles. The summed E-state index contributed by atoms with van der Waals surface area (Å²) in [6, 6.07) is 15.7. The van der Waals surface area contributed by atoms with Crippen molar-refractivity contribution in [2.75, 3.05) is 19.7 Å². The number of fused-ring (bicyclic) bond motifs is 1. The topological polar surface area (TPSA) is 73.7 Å². The van der Waals surface area contributed by atoms with Gasteiger partial charge in [-0.3, -0.25) is 9.78 Å². The first-order chi connectivity index (χ1) is 14.1. The van der Waals surface area contributed by atoms with E-state index in [0.29, 0.717) is 25.1 Å². The lowest BCUT2D eigenvalue weighted by Crippen LogP contribution is -2.29. The fourth-order valence-corrected chi connectivity index (χ4v) is 4.18. The van der Waals surface area contributed by atoms with E-state index in [-0.39, 0.29) is 25.0 Å². The number of aliphatic hydroxyl groups is 2. The van der Waals surface area contributed by atoms with Crippen molar-refractivity contribution in [3.63, 3.8) is 0 Å². The molecule has 1 fully saturated rings. The van der Waals surface area contributed by atoms with Crippen LogP contribution in [0.4, 0.5) is 0 Å². The highest BCUT2D eigenvalue weighted by molar-refractivity contribution is 5.94. The molecule has 29 heavy (non-hydrogen) atoms. The third-order valence-corrected chi connectivity index (χ3v) is 5.71. The van der Waals surface area contributed by atoms with Crippen molar-refractivity contribution in [1.82, 2.24) is 9.88 Å². The van der Waals surface area contributed by atoms with Gasteiger partial charge in [-0.05, 0) is 54.7 Å². The van der Waals surface area contributed by atoms with Crippen LogP contribution >= 0.6 is 0 Å². The predicted octanol–water partition coefficient (Wildman–Crippen LogP) is 3.08. The van der Waals surface area contributed by atoms with Crippen LogP contribution in [0.2, 0.25) is 0 Å². The highest BCUT2D eigenvalue weighted by atomic mass is 16.3. The van der Waals surface area contributed by atoms with Crippen LogP contribution in [0.3, 0.4) is 0 Å². The molecule has 5 nitrogen and oxygen atoms in total. The zero-order valence-electron chi connectivity index (χ0n) is 16.6. The Labute approximate surface area is 170 Å². The molecule has 0 unspecified atom stereocenters. The number of rotatable bonds is 5. The van der Waals surface area contributed by atoms with E-state index in [1.807, 2.05) is 54.3 Å². The standard InChI is InChI=1S/C24H26N2O3/c1-16-10-21(15-28)22-7-3-5-19(23(22)25-16)11-17-4-2-6-20(12-17)24(29)26-9-8-18(13-26)14-27/h2-7,10,12,18,27-28H,8-9,11,13-15H2,1H3/t18-/m1/s1. The maximum Gasteiger partial charge on any atom is 0.253 e. The number of amides is 1. The molecule has 1 amide bonds. The number of carbonyl (C=O) groups is 1. The Morgan fingerprint density at radius 1 is 1.14 bits per heavy atom. The smallest absolute Gasteiger partial charge is 0.253 e. The minimum Gasteiger partial charge on any atom is -0.396 e. The fourth-order valence-electron chi connectivity index (χ4n) is 4.18. The summed E-state index contributed by atoms with van der Waals surface area (Å²) in [4.78, 5) is 19.4. The summed E-state index contributed by atoms with van der Waals surface area (Å²) in [6.07, 6.45) is 1.52. The lowest BCUT2D eigenvalue weighted by molar-refractivity contribution is 0.0781. The van der Waals surface area contributed by atoms with Gasteiger partial charge in [-0.25, -0.2) is 0 Å². The summed E-state index contributed by atoms with van der Waals surface area (Å²) in [6.45, 7) is 3.37. The number of carbonyl (C=O) groups excluding carboxylic acids is 1. The van der Waals surface area contributed by atoms with Gasteiger partial charge in [-0.15, -0.1) is 0 Å². The van der Waals surface area contributed by atoms with E-state index in [0.717, 1.165) is 39.7 Å². The second-order valence-corrected chi connectivity index (χ2v) is 7.86. The van der Waals surface area contributed by atoms with E-state index in [1.54, 1.807) is 0 Å². The SMILES string of the molecule is Cc1cc(CO)c2cccc(Cc3cccc(C(=O)N4CC[C@@H](CO)C4)c3)c2n1. The second-order valence-electron chi connectivity index (χ2n) is 7.86. The molecule has 1 atom stereocenters. The largest absolute Gasteiger partial charge is 0.396 e. The molecule has 3 aromatic rings. The third-order valence-electron chi connectivity index (χ3n) is 5.71. The van der Waals surface area contributed by atoms with E-state index in [9.17, 15) is 15.0 Å². The first-order valence-corrected chi connectivity index (χ1v) is 10.1. The van der Waals surface area contributed by atoms with Gasteiger partial charge in [-0.2, -0.15) is 0 Å². The molecule has 0 spiro atoms. The third kappa shape index (κ3) is 4.02. The quantitative estimate of drug-likeness (QED) is 0.702. The van der Waals surface area contributed by atoms with E-state index in [4.69, 9.17) is 4.98 Å². The number of hydrogen-bond donors (Lipinski definition) is 2. The molecule has 1 aromatic heterocycles. The van der Waals surface area contributed by atoms with Crippen molar-refractivity contribution in [2.24, 2.45) is 5.92 Å². The molecule has 5 heteroatoms. The molecule has 0 bridgehead atoms. The second kappa shape index (κ2) is 8.31. The van der Waals surface area contributed by atoms with Gasteiger partial charge in [0.15, 0.2) is 0 Å². The maximum atomic E-state index is 12.9. The van der Waals surface area contributed by atoms with Crippen LogP contribution in [-0.4, -0.2) is 45.7 Å². The summed E-state index contributed by atoms with van der Waals surface area (Å²) < 4.78 is 0. The molecule has 0 radical (unpaired) electrons. The van der Waals surface area contributed by atoms with E-state index in [1.165, 1.54) is 0 Å². The highest BCUT2D eigenvalue weighted by Crippen LogP contribution is 2.25. The first-order valence-electron chi connectivity index (χ1n) is 10.1. The number of nitrogens with zero attached hydrogens (tertiary/aromatic N) is 2. The van der Waals surface area contributed by atoms with E-state index >= 15 is 0 Å². The van der Waals surface area contributed by atoms with Gasteiger partial charge in [-0.1, -0.05) is 30.3 Å². The van der Waals surface area contributed by atoms with Crippen LogP contribution in [0, 0.1) is 12.8 Å². The Kier molecular flexibility index (Phi) is 5.60. The molecule has 0 aliphatic carbocycles.